The second-order valence-corrected chi connectivity index (χ2v) is 8.46. The third kappa shape index (κ3) is 3.16. The van der Waals surface area contributed by atoms with Crippen molar-refractivity contribution in [2.45, 2.75) is 45.7 Å². The van der Waals surface area contributed by atoms with Gasteiger partial charge in [0.15, 0.2) is 0 Å². The Morgan fingerprint density at radius 2 is 1.17 bits per heavy atom. The number of aromatic nitrogens is 2. The van der Waals surface area contributed by atoms with Gasteiger partial charge in [0.1, 0.15) is 30.9 Å². The Bertz CT molecular complexity index is 1300. The van der Waals surface area contributed by atoms with Gasteiger partial charge < -0.3 is 9.84 Å². The first-order valence-electron chi connectivity index (χ1n) is 9.18. The third-order valence-electron chi connectivity index (χ3n) is 4.71. The van der Waals surface area contributed by atoms with Crippen molar-refractivity contribution < 1.29 is 19.4 Å². The largest absolute Gasteiger partial charge is 0.480 e. The highest BCUT2D eigenvalue weighted by Crippen LogP contribution is 2.27. The number of rotatable bonds is 7. The molecule has 0 radical (unpaired) electrons. The molecule has 10 nitrogen and oxygen atoms in total. The van der Waals surface area contributed by atoms with Crippen LogP contribution in [0.5, 0.6) is 0 Å². The van der Waals surface area contributed by atoms with Crippen LogP contribution in [-0.2, 0) is 14.3 Å². The number of carboxylic acids is 1. The molecule has 3 heterocycles. The van der Waals surface area contributed by atoms with Gasteiger partial charge in [0.05, 0.1) is 6.61 Å². The molecule has 12 heteroatoms. The molecule has 0 amide bonds. The van der Waals surface area contributed by atoms with Gasteiger partial charge in [-0.3, -0.25) is 28.3 Å². The van der Waals surface area contributed by atoms with Crippen LogP contribution < -0.4 is 22.2 Å². The van der Waals surface area contributed by atoms with Crippen LogP contribution in [0.3, 0.4) is 0 Å². The monoisotopic (exact) mass is 454 g/mol. The normalized spacial score (nSPS) is 13.6. The van der Waals surface area contributed by atoms with Gasteiger partial charge in [0.25, 0.3) is 22.2 Å². The molecule has 160 valence electrons. The summed E-state index contributed by atoms with van der Waals surface area (Å²) in [6, 6.07) is -2.46. The van der Waals surface area contributed by atoms with Crippen molar-refractivity contribution in [3.05, 3.63) is 41.4 Å². The quantitative estimate of drug-likeness (QED) is 0.524. The average Bonchev–Trinajstić information content (AvgIpc) is 3.08. The molecule has 30 heavy (non-hydrogen) atoms. The van der Waals surface area contributed by atoms with Gasteiger partial charge in [0, 0.05) is 0 Å². The Balaban J connectivity index is 2.36. The number of fused-ring (bicyclic) bond motifs is 2. The van der Waals surface area contributed by atoms with E-state index in [2.05, 4.69) is 0 Å². The van der Waals surface area contributed by atoms with E-state index in [1.165, 1.54) is 6.92 Å². The molecule has 0 aliphatic carbocycles. The summed E-state index contributed by atoms with van der Waals surface area (Å²) in [4.78, 5) is 74.9. The highest BCUT2D eigenvalue weighted by Gasteiger charge is 2.30. The first-order chi connectivity index (χ1) is 14.2. The number of carbonyl (C=O) groups excluding carboxylic acids is 1. The van der Waals surface area contributed by atoms with E-state index in [1.54, 1.807) is 13.8 Å². The lowest BCUT2D eigenvalue weighted by molar-refractivity contribution is -0.147. The molecule has 1 N–H and O–H groups in total. The maximum Gasteiger partial charge on any atom is 0.329 e. The minimum atomic E-state index is -1.34. The number of hydrogen-bond acceptors (Lipinski definition) is 9. The molecular formula is C18H18N2O8S2. The topological polar surface area (TPSA) is 142 Å². The smallest absolute Gasteiger partial charge is 0.329 e. The zero-order valence-electron chi connectivity index (χ0n) is 16.3. The molecule has 2 atom stereocenters. The molecule has 2 unspecified atom stereocenters. The first kappa shape index (κ1) is 21.8. The molecule has 3 rings (SSSR count). The van der Waals surface area contributed by atoms with Crippen LogP contribution in [0, 0.1) is 0 Å². The van der Waals surface area contributed by atoms with Crippen LogP contribution in [0.15, 0.2) is 19.2 Å². The van der Waals surface area contributed by atoms with E-state index < -0.39 is 46.3 Å². The van der Waals surface area contributed by atoms with Gasteiger partial charge in [-0.15, -0.1) is 22.7 Å². The van der Waals surface area contributed by atoms with Crippen LogP contribution in [0.4, 0.5) is 0 Å². The second-order valence-electron chi connectivity index (χ2n) is 6.42. The average molecular weight is 454 g/mol. The summed E-state index contributed by atoms with van der Waals surface area (Å²) in [5.41, 5.74) is -3.13. The minimum Gasteiger partial charge on any atom is -0.480 e. The Hall–Kier alpha value is -2.86. The van der Waals surface area contributed by atoms with Crippen molar-refractivity contribution >= 4 is 53.4 Å². The van der Waals surface area contributed by atoms with E-state index in [4.69, 9.17) is 4.74 Å². The fourth-order valence-corrected chi connectivity index (χ4v) is 5.67. The molecule has 0 aromatic carbocycles. The number of esters is 1. The molecular weight excluding hydrogens is 436 g/mol. The van der Waals surface area contributed by atoms with Crippen molar-refractivity contribution in [1.29, 1.82) is 0 Å². The zero-order valence-corrected chi connectivity index (χ0v) is 17.9. The summed E-state index contributed by atoms with van der Waals surface area (Å²) in [6.07, 6.45) is 0.154. The van der Waals surface area contributed by atoms with E-state index in [1.807, 2.05) is 0 Å². The molecule has 3 aromatic heterocycles. The lowest BCUT2D eigenvalue weighted by Crippen LogP contribution is -2.35. The van der Waals surface area contributed by atoms with Crippen LogP contribution >= 0.6 is 22.7 Å². The molecule has 0 aliphatic rings. The fraction of sp³-hybridized carbons (Fsp3) is 0.444. The predicted octanol–water partition coefficient (Wildman–Crippen LogP) is 1.15. The van der Waals surface area contributed by atoms with E-state index in [-0.39, 0.29) is 38.2 Å². The van der Waals surface area contributed by atoms with E-state index >= 15 is 0 Å². The predicted molar refractivity (Wildman–Crippen MR) is 112 cm³/mol. The van der Waals surface area contributed by atoms with Crippen molar-refractivity contribution in [3.63, 3.8) is 0 Å². The van der Waals surface area contributed by atoms with Gasteiger partial charge in [0.2, 0.25) is 0 Å². The van der Waals surface area contributed by atoms with Gasteiger partial charge in [-0.05, 0) is 19.8 Å². The molecule has 0 fully saturated rings. The highest BCUT2D eigenvalue weighted by molar-refractivity contribution is 7.36. The molecule has 0 bridgehead atoms. The van der Waals surface area contributed by atoms with Crippen LogP contribution in [0.2, 0.25) is 0 Å². The van der Waals surface area contributed by atoms with Gasteiger partial charge in [-0.25, -0.2) is 9.59 Å². The molecule has 0 spiro atoms. The van der Waals surface area contributed by atoms with E-state index in [0.717, 1.165) is 4.57 Å². The number of aliphatic carboxylic acids is 1. The number of ether oxygens (including phenoxy) is 1. The Labute approximate surface area is 175 Å². The number of hydrogen-bond donors (Lipinski definition) is 1. The first-order valence-corrected chi connectivity index (χ1v) is 10.8. The van der Waals surface area contributed by atoms with Crippen LogP contribution in [0.25, 0.3) is 18.8 Å². The van der Waals surface area contributed by atoms with Gasteiger partial charge in [-0.2, -0.15) is 0 Å². The number of carboxylic acid groups (broad SMARTS) is 1. The summed E-state index contributed by atoms with van der Waals surface area (Å²) in [5.74, 6) is -2.05. The minimum absolute atomic E-state index is 0.0131. The van der Waals surface area contributed by atoms with E-state index in [0.29, 0.717) is 27.2 Å². The lowest BCUT2D eigenvalue weighted by atomic mass is 10.2. The highest BCUT2D eigenvalue weighted by atomic mass is 32.1. The maximum absolute atomic E-state index is 12.9. The SMILES string of the molecule is CCOC(=O)C(CC)n1c(=O)c2sc3c(=O)n(C(CC)C(=O)O)c(=O)c3sc2c1=O. The van der Waals surface area contributed by atoms with Gasteiger partial charge >= 0.3 is 11.9 Å². The Kier molecular flexibility index (Phi) is 5.90. The lowest BCUT2D eigenvalue weighted by Gasteiger charge is -2.13. The van der Waals surface area contributed by atoms with Crippen molar-refractivity contribution in [2.24, 2.45) is 0 Å². The summed E-state index contributed by atoms with van der Waals surface area (Å²) in [6.45, 7) is 4.84. The summed E-state index contributed by atoms with van der Waals surface area (Å²) >= 11 is 1.33. The third-order valence-corrected chi connectivity index (χ3v) is 7.30. The van der Waals surface area contributed by atoms with Crippen LogP contribution in [-0.4, -0.2) is 32.8 Å². The summed E-state index contributed by atoms with van der Waals surface area (Å²) in [5, 5.41) is 9.32. The Morgan fingerprint density at radius 3 is 1.47 bits per heavy atom. The second kappa shape index (κ2) is 8.11. The van der Waals surface area contributed by atoms with Crippen molar-refractivity contribution in [3.8, 4) is 0 Å². The van der Waals surface area contributed by atoms with Crippen molar-refractivity contribution in [1.82, 2.24) is 9.13 Å². The zero-order chi connectivity index (χ0) is 22.3. The number of nitrogens with zero attached hydrogens (tertiary/aromatic N) is 2. The Morgan fingerprint density at radius 1 is 0.800 bits per heavy atom. The molecule has 0 saturated carbocycles. The van der Waals surface area contributed by atoms with Crippen LogP contribution in [0.1, 0.15) is 45.7 Å². The molecule has 0 aliphatic heterocycles. The fourth-order valence-electron chi connectivity index (χ4n) is 3.30. The summed E-state index contributed by atoms with van der Waals surface area (Å²) in [7, 11) is 0. The molecule has 3 aromatic rings. The number of carbonyl (C=O) groups is 2. The summed E-state index contributed by atoms with van der Waals surface area (Å²) < 4.78 is 6.10. The maximum atomic E-state index is 12.9. The van der Waals surface area contributed by atoms with E-state index in [9.17, 15) is 33.9 Å². The molecule has 0 saturated heterocycles. The van der Waals surface area contributed by atoms with Crippen molar-refractivity contribution in [2.75, 3.05) is 6.61 Å². The standard InChI is InChI=1S/C18H18N2O8S2/c1-4-7(17(25)26)19-13(21)9-10(14(19)22)30-12-11(29-9)15(23)20(16(12)24)8(5-2)18(27)28-6-3/h7-8H,4-6H2,1-3H3,(H,25,26). The van der Waals surface area contributed by atoms with Gasteiger partial charge in [-0.1, -0.05) is 13.8 Å².